The number of hydrogen-bond acceptors (Lipinski definition) is 9. The molecule has 0 aliphatic heterocycles. The quantitative estimate of drug-likeness (QED) is 0.150. The zero-order valence-electron chi connectivity index (χ0n) is 21.5. The summed E-state index contributed by atoms with van der Waals surface area (Å²) in [4.78, 5) is 39.9. The second-order valence-electron chi connectivity index (χ2n) is 8.64. The van der Waals surface area contributed by atoms with Crippen LogP contribution in [-0.4, -0.2) is 38.0 Å². The van der Waals surface area contributed by atoms with Gasteiger partial charge < -0.3 is 19.2 Å². The van der Waals surface area contributed by atoms with Crippen molar-refractivity contribution in [1.82, 2.24) is 14.6 Å². The van der Waals surface area contributed by atoms with E-state index in [1.54, 1.807) is 61.0 Å². The van der Waals surface area contributed by atoms with Gasteiger partial charge in [0.25, 0.3) is 11.6 Å². The summed E-state index contributed by atoms with van der Waals surface area (Å²) in [7, 11) is 0. The van der Waals surface area contributed by atoms with Gasteiger partial charge in [-0.05, 0) is 56.3 Å². The molecule has 2 aromatic carbocycles. The van der Waals surface area contributed by atoms with E-state index >= 15 is 0 Å². The Bertz CT molecular complexity index is 1740. The number of ether oxygens (including phenoxy) is 2. The second kappa shape index (κ2) is 11.1. The van der Waals surface area contributed by atoms with Crippen LogP contribution in [0.15, 0.2) is 77.5 Å². The van der Waals surface area contributed by atoms with Gasteiger partial charge in [-0.2, -0.15) is 5.10 Å². The number of carbonyl (C=O) groups is 2. The fraction of sp³-hybridized carbons (Fsp3) is 0.143. The van der Waals surface area contributed by atoms with Gasteiger partial charge >= 0.3 is 5.97 Å². The minimum absolute atomic E-state index is 0.00720. The molecule has 202 valence electrons. The van der Waals surface area contributed by atoms with Gasteiger partial charge in [0.15, 0.2) is 11.4 Å². The third-order valence-corrected chi connectivity index (χ3v) is 5.94. The Morgan fingerprint density at radius 2 is 1.98 bits per heavy atom. The zero-order chi connectivity index (χ0) is 28.2. The lowest BCUT2D eigenvalue weighted by molar-refractivity contribution is -0.385. The molecule has 0 bridgehead atoms. The van der Waals surface area contributed by atoms with Gasteiger partial charge in [0.2, 0.25) is 0 Å². The molecule has 0 radical (unpaired) electrons. The molecule has 0 spiro atoms. The largest absolute Gasteiger partial charge is 0.486 e. The van der Waals surface area contributed by atoms with Crippen LogP contribution in [0.4, 0.5) is 11.4 Å². The minimum Gasteiger partial charge on any atom is -0.486 e. The molecular formula is C28H23N5O7. The number of hydrogen-bond donors (Lipinski definition) is 1. The first kappa shape index (κ1) is 26.1. The molecule has 0 aliphatic rings. The minimum atomic E-state index is -0.505. The van der Waals surface area contributed by atoms with Crippen molar-refractivity contribution >= 4 is 28.9 Å². The Kier molecular flexibility index (Phi) is 7.22. The lowest BCUT2D eigenvalue weighted by atomic mass is 10.1. The van der Waals surface area contributed by atoms with Gasteiger partial charge in [0, 0.05) is 29.1 Å². The Labute approximate surface area is 227 Å². The highest BCUT2D eigenvalue weighted by Gasteiger charge is 2.18. The number of anilines is 1. The average molecular weight is 542 g/mol. The summed E-state index contributed by atoms with van der Waals surface area (Å²) in [5, 5.41) is 18.1. The SMILES string of the molecule is CCOC(=O)c1cnn2c(-c3cccc(NC(=O)c4ccc(COc5ccc([N+](=O)[O-])c(C)c5)o4)c3)ccnc12. The first-order valence-corrected chi connectivity index (χ1v) is 12.2. The molecule has 0 unspecified atom stereocenters. The molecule has 0 aliphatic carbocycles. The van der Waals surface area contributed by atoms with Crippen molar-refractivity contribution in [3.8, 4) is 17.0 Å². The van der Waals surface area contributed by atoms with Crippen LogP contribution >= 0.6 is 0 Å². The summed E-state index contributed by atoms with van der Waals surface area (Å²) in [5.74, 6) is -0.0296. The molecule has 3 aromatic heterocycles. The van der Waals surface area contributed by atoms with Gasteiger partial charge in [0.05, 0.1) is 23.4 Å². The smallest absolute Gasteiger partial charge is 0.343 e. The molecule has 3 heterocycles. The van der Waals surface area contributed by atoms with Crippen LogP contribution in [0.25, 0.3) is 16.9 Å². The number of esters is 1. The van der Waals surface area contributed by atoms with E-state index in [0.29, 0.717) is 34.1 Å². The molecule has 12 nitrogen and oxygen atoms in total. The van der Waals surface area contributed by atoms with E-state index in [2.05, 4.69) is 15.4 Å². The molecule has 0 saturated carbocycles. The van der Waals surface area contributed by atoms with Crippen molar-refractivity contribution in [2.24, 2.45) is 0 Å². The van der Waals surface area contributed by atoms with Gasteiger partial charge in [-0.25, -0.2) is 14.3 Å². The third kappa shape index (κ3) is 5.36. The Morgan fingerprint density at radius 1 is 1.12 bits per heavy atom. The summed E-state index contributed by atoms with van der Waals surface area (Å²) in [5.41, 5.74) is 3.01. The average Bonchev–Trinajstić information content (AvgIpc) is 3.60. The molecule has 1 N–H and O–H groups in total. The van der Waals surface area contributed by atoms with Crippen LogP contribution in [0.5, 0.6) is 5.75 Å². The molecule has 0 fully saturated rings. The maximum Gasteiger partial charge on any atom is 0.343 e. The molecule has 1 amide bonds. The lowest BCUT2D eigenvalue weighted by Crippen LogP contribution is -2.11. The molecule has 5 aromatic rings. The van der Waals surface area contributed by atoms with Crippen LogP contribution in [0.2, 0.25) is 0 Å². The van der Waals surface area contributed by atoms with E-state index < -0.39 is 16.8 Å². The van der Waals surface area contributed by atoms with Gasteiger partial charge in [0.1, 0.15) is 23.7 Å². The van der Waals surface area contributed by atoms with Crippen molar-refractivity contribution < 1.29 is 28.4 Å². The number of amides is 1. The van der Waals surface area contributed by atoms with Gasteiger partial charge in [-0.1, -0.05) is 12.1 Å². The van der Waals surface area contributed by atoms with Crippen LogP contribution in [0.1, 0.15) is 39.2 Å². The zero-order valence-corrected chi connectivity index (χ0v) is 21.5. The van der Waals surface area contributed by atoms with Crippen LogP contribution < -0.4 is 10.1 Å². The summed E-state index contributed by atoms with van der Waals surface area (Å²) >= 11 is 0. The number of carbonyl (C=O) groups excluding carboxylic acids is 2. The van der Waals surface area contributed by atoms with Gasteiger partial charge in [-0.3, -0.25) is 14.9 Å². The normalized spacial score (nSPS) is 10.8. The van der Waals surface area contributed by atoms with E-state index in [9.17, 15) is 19.7 Å². The number of furan rings is 1. The number of nitrogens with one attached hydrogen (secondary N) is 1. The Balaban J connectivity index is 1.28. The Morgan fingerprint density at radius 3 is 2.75 bits per heavy atom. The lowest BCUT2D eigenvalue weighted by Gasteiger charge is -2.08. The predicted molar refractivity (Wildman–Crippen MR) is 143 cm³/mol. The number of rotatable bonds is 9. The number of fused-ring (bicyclic) bond motifs is 1. The highest BCUT2D eigenvalue weighted by atomic mass is 16.6. The highest BCUT2D eigenvalue weighted by molar-refractivity contribution is 6.02. The monoisotopic (exact) mass is 541 g/mol. The summed E-state index contributed by atoms with van der Waals surface area (Å²) in [6.07, 6.45) is 2.99. The molecule has 5 rings (SSSR count). The Hall–Kier alpha value is -5.52. The number of nitro groups is 1. The fourth-order valence-electron chi connectivity index (χ4n) is 4.07. The second-order valence-corrected chi connectivity index (χ2v) is 8.64. The van der Waals surface area contributed by atoms with E-state index in [1.165, 1.54) is 24.4 Å². The van der Waals surface area contributed by atoms with Crippen molar-refractivity contribution in [1.29, 1.82) is 0 Å². The maximum absolute atomic E-state index is 12.9. The summed E-state index contributed by atoms with van der Waals surface area (Å²) < 4.78 is 17.9. The van der Waals surface area contributed by atoms with Crippen LogP contribution in [-0.2, 0) is 11.3 Å². The van der Waals surface area contributed by atoms with E-state index in [4.69, 9.17) is 13.9 Å². The van der Waals surface area contributed by atoms with Crippen molar-refractivity contribution in [2.45, 2.75) is 20.5 Å². The number of benzene rings is 2. The fourth-order valence-corrected chi connectivity index (χ4v) is 4.07. The number of aryl methyl sites for hydroxylation is 1. The van der Waals surface area contributed by atoms with E-state index in [-0.39, 0.29) is 30.2 Å². The maximum atomic E-state index is 12.9. The molecule has 40 heavy (non-hydrogen) atoms. The predicted octanol–water partition coefficient (Wildman–Crippen LogP) is 5.21. The summed E-state index contributed by atoms with van der Waals surface area (Å²) in [6.45, 7) is 3.63. The third-order valence-electron chi connectivity index (χ3n) is 5.94. The molecular weight excluding hydrogens is 518 g/mol. The van der Waals surface area contributed by atoms with E-state index in [0.717, 1.165) is 5.56 Å². The topological polar surface area (TPSA) is 151 Å². The van der Waals surface area contributed by atoms with Gasteiger partial charge in [-0.15, -0.1) is 0 Å². The van der Waals surface area contributed by atoms with Crippen molar-refractivity contribution in [3.63, 3.8) is 0 Å². The standard InChI is InChI=1S/C28H23N5O7/c1-3-38-28(35)22-15-30-32-24(11-12-29-26(22)32)18-5-4-6-19(14-18)31-27(34)25-10-8-21(40-25)16-39-20-7-9-23(33(36)37)17(2)13-20/h4-15H,3,16H2,1-2H3,(H,31,34). The van der Waals surface area contributed by atoms with Crippen LogP contribution in [0.3, 0.4) is 0 Å². The van der Waals surface area contributed by atoms with Crippen LogP contribution in [0, 0.1) is 17.0 Å². The number of nitrogens with zero attached hydrogens (tertiary/aromatic N) is 4. The highest BCUT2D eigenvalue weighted by Crippen LogP contribution is 2.26. The summed E-state index contributed by atoms with van der Waals surface area (Å²) in [6, 6.07) is 16.5. The van der Waals surface area contributed by atoms with E-state index in [1.807, 2.05) is 6.07 Å². The van der Waals surface area contributed by atoms with Crippen molar-refractivity contribution in [2.75, 3.05) is 11.9 Å². The van der Waals surface area contributed by atoms with Crippen molar-refractivity contribution in [3.05, 3.63) is 106 Å². The first-order chi connectivity index (χ1) is 19.3. The molecule has 0 atom stereocenters. The molecule has 12 heteroatoms. The number of nitro benzene ring substituents is 1. The first-order valence-electron chi connectivity index (χ1n) is 12.2. The number of aromatic nitrogens is 3. The molecule has 0 saturated heterocycles.